The lowest BCUT2D eigenvalue weighted by molar-refractivity contribution is -0.121. The average molecular weight is 389 g/mol. The Bertz CT molecular complexity index is 826. The predicted octanol–water partition coefficient (Wildman–Crippen LogP) is 4.07. The molecule has 2 heterocycles. The number of anilines is 1. The van der Waals surface area contributed by atoms with Gasteiger partial charge in [0.1, 0.15) is 5.82 Å². The van der Waals surface area contributed by atoms with E-state index in [1.54, 1.807) is 4.90 Å². The fourth-order valence-electron chi connectivity index (χ4n) is 3.03. The summed E-state index contributed by atoms with van der Waals surface area (Å²) in [5.74, 6) is -0.927. The van der Waals surface area contributed by atoms with Crippen molar-refractivity contribution in [3.63, 3.8) is 0 Å². The van der Waals surface area contributed by atoms with Gasteiger partial charge in [0.15, 0.2) is 5.13 Å². The molecule has 27 heavy (non-hydrogen) atoms. The smallest absolute Gasteiger partial charge is 0.253 e. The number of carbonyl (C=O) groups excluding carboxylic acids is 2. The molecule has 2 aromatic rings. The summed E-state index contributed by atoms with van der Waals surface area (Å²) >= 11 is 1.41. The number of hydrogen-bond donors (Lipinski definition) is 1. The quantitative estimate of drug-likeness (QED) is 0.861. The van der Waals surface area contributed by atoms with Gasteiger partial charge in [0.25, 0.3) is 5.91 Å². The molecular weight excluding hydrogens is 365 g/mol. The third-order valence-corrected chi connectivity index (χ3v) is 5.43. The highest BCUT2D eigenvalue weighted by Gasteiger charge is 2.29. The van der Waals surface area contributed by atoms with Crippen molar-refractivity contribution >= 4 is 28.3 Å². The maximum atomic E-state index is 13.1. The van der Waals surface area contributed by atoms with Crippen molar-refractivity contribution in [2.75, 3.05) is 18.4 Å². The molecule has 0 aliphatic carbocycles. The van der Waals surface area contributed by atoms with Gasteiger partial charge in [-0.15, -0.1) is 11.3 Å². The topological polar surface area (TPSA) is 62.3 Å². The fourth-order valence-corrected chi connectivity index (χ4v) is 3.97. The van der Waals surface area contributed by atoms with Crippen LogP contribution in [0.1, 0.15) is 49.7 Å². The van der Waals surface area contributed by atoms with Crippen LogP contribution in [0.25, 0.3) is 0 Å². The Balaban J connectivity index is 1.63. The number of thiazole rings is 1. The van der Waals surface area contributed by atoms with Gasteiger partial charge in [-0.2, -0.15) is 0 Å². The molecule has 144 valence electrons. The standard InChI is InChI=1S/C20H24FN3O2S/c1-20(2,3)16-12-27-19(22-16)23-17(25)14-5-4-10-24(11-14)18(26)13-6-8-15(21)9-7-13/h6-9,12,14H,4-5,10-11H2,1-3H3,(H,22,23,25). The molecule has 1 atom stereocenters. The van der Waals surface area contributed by atoms with Crippen LogP contribution >= 0.6 is 11.3 Å². The van der Waals surface area contributed by atoms with Crippen molar-refractivity contribution in [2.24, 2.45) is 5.92 Å². The van der Waals surface area contributed by atoms with Crippen LogP contribution in [0.15, 0.2) is 29.6 Å². The minimum Gasteiger partial charge on any atom is -0.338 e. The molecule has 0 spiro atoms. The van der Waals surface area contributed by atoms with Gasteiger partial charge in [-0.25, -0.2) is 9.37 Å². The minimum atomic E-state index is -0.375. The molecule has 1 aromatic heterocycles. The van der Waals surface area contributed by atoms with Gasteiger partial charge in [-0.3, -0.25) is 9.59 Å². The first kappa shape index (κ1) is 19.5. The summed E-state index contributed by atoms with van der Waals surface area (Å²) < 4.78 is 13.1. The molecule has 5 nitrogen and oxygen atoms in total. The Labute approximate surface area is 162 Å². The third-order valence-electron chi connectivity index (χ3n) is 4.67. The normalized spacial score (nSPS) is 17.6. The molecule has 1 fully saturated rings. The van der Waals surface area contributed by atoms with Crippen molar-refractivity contribution < 1.29 is 14.0 Å². The van der Waals surface area contributed by atoms with E-state index in [-0.39, 0.29) is 29.0 Å². The summed E-state index contributed by atoms with van der Waals surface area (Å²) in [5, 5.41) is 5.44. The van der Waals surface area contributed by atoms with Gasteiger partial charge in [-0.1, -0.05) is 20.8 Å². The fraction of sp³-hybridized carbons (Fsp3) is 0.450. The number of nitrogens with zero attached hydrogens (tertiary/aromatic N) is 2. The van der Waals surface area contributed by atoms with Crippen LogP contribution in [0, 0.1) is 11.7 Å². The van der Waals surface area contributed by atoms with Gasteiger partial charge >= 0.3 is 0 Å². The summed E-state index contributed by atoms with van der Waals surface area (Å²) in [7, 11) is 0. The molecule has 1 N–H and O–H groups in total. The van der Waals surface area contributed by atoms with Crippen LogP contribution in [0.2, 0.25) is 0 Å². The molecule has 1 saturated heterocycles. The number of likely N-dealkylation sites (tertiary alicyclic amines) is 1. The van der Waals surface area contributed by atoms with E-state index in [2.05, 4.69) is 31.1 Å². The highest BCUT2D eigenvalue weighted by atomic mass is 32.1. The number of nitrogens with one attached hydrogen (secondary N) is 1. The van der Waals surface area contributed by atoms with Crippen molar-refractivity contribution in [2.45, 2.75) is 39.0 Å². The molecule has 0 radical (unpaired) electrons. The predicted molar refractivity (Wildman–Crippen MR) is 104 cm³/mol. The average Bonchev–Trinajstić information content (AvgIpc) is 3.11. The number of halogens is 1. The lowest BCUT2D eigenvalue weighted by Crippen LogP contribution is -2.43. The van der Waals surface area contributed by atoms with Crippen LogP contribution in [0.5, 0.6) is 0 Å². The maximum Gasteiger partial charge on any atom is 0.253 e. The maximum absolute atomic E-state index is 13.1. The van der Waals surface area contributed by atoms with Crippen LogP contribution in [0.4, 0.5) is 9.52 Å². The van der Waals surface area contributed by atoms with E-state index in [1.807, 2.05) is 5.38 Å². The molecule has 1 aromatic carbocycles. The SMILES string of the molecule is CC(C)(C)c1csc(NC(=O)C2CCCN(C(=O)c3ccc(F)cc3)C2)n1. The highest BCUT2D eigenvalue weighted by Crippen LogP contribution is 2.27. The summed E-state index contributed by atoms with van der Waals surface area (Å²) in [6.07, 6.45) is 1.49. The van der Waals surface area contributed by atoms with E-state index in [1.165, 1.54) is 35.6 Å². The van der Waals surface area contributed by atoms with E-state index < -0.39 is 0 Å². The summed E-state index contributed by atoms with van der Waals surface area (Å²) in [6.45, 7) is 7.19. The molecule has 2 amide bonds. The van der Waals surface area contributed by atoms with E-state index >= 15 is 0 Å². The molecule has 1 aliphatic heterocycles. The van der Waals surface area contributed by atoms with Crippen LogP contribution in [0.3, 0.4) is 0 Å². The molecule has 3 rings (SSSR count). The molecule has 7 heteroatoms. The second kappa shape index (κ2) is 7.76. The number of aromatic nitrogens is 1. The highest BCUT2D eigenvalue weighted by molar-refractivity contribution is 7.13. The Morgan fingerprint density at radius 2 is 1.96 bits per heavy atom. The number of amides is 2. The lowest BCUT2D eigenvalue weighted by atomic mass is 9.93. The van der Waals surface area contributed by atoms with Crippen molar-refractivity contribution in [1.82, 2.24) is 9.88 Å². The number of benzene rings is 1. The van der Waals surface area contributed by atoms with E-state index in [9.17, 15) is 14.0 Å². The molecular formula is C20H24FN3O2S. The lowest BCUT2D eigenvalue weighted by Gasteiger charge is -2.32. The van der Waals surface area contributed by atoms with Gasteiger partial charge in [0.05, 0.1) is 11.6 Å². The second-order valence-electron chi connectivity index (χ2n) is 7.87. The summed E-state index contributed by atoms with van der Waals surface area (Å²) in [5.41, 5.74) is 1.31. The van der Waals surface area contributed by atoms with Gasteiger partial charge in [0, 0.05) is 29.4 Å². The molecule has 1 unspecified atom stereocenters. The van der Waals surface area contributed by atoms with E-state index in [0.717, 1.165) is 18.5 Å². The first-order chi connectivity index (χ1) is 12.7. The van der Waals surface area contributed by atoms with Crippen molar-refractivity contribution in [3.05, 3.63) is 46.7 Å². The third kappa shape index (κ3) is 4.71. The van der Waals surface area contributed by atoms with Crippen LogP contribution in [-0.2, 0) is 10.2 Å². The number of carbonyl (C=O) groups is 2. The second-order valence-corrected chi connectivity index (χ2v) is 8.73. The Morgan fingerprint density at radius 3 is 2.59 bits per heavy atom. The first-order valence-corrected chi connectivity index (χ1v) is 9.94. The molecule has 1 aliphatic rings. The van der Waals surface area contributed by atoms with Gasteiger partial charge in [0.2, 0.25) is 5.91 Å². The van der Waals surface area contributed by atoms with Crippen molar-refractivity contribution in [1.29, 1.82) is 0 Å². The molecule has 0 bridgehead atoms. The Kier molecular flexibility index (Phi) is 5.60. The van der Waals surface area contributed by atoms with Crippen molar-refractivity contribution in [3.8, 4) is 0 Å². The largest absolute Gasteiger partial charge is 0.338 e. The van der Waals surface area contributed by atoms with Gasteiger partial charge in [-0.05, 0) is 37.1 Å². The zero-order valence-electron chi connectivity index (χ0n) is 15.8. The zero-order chi connectivity index (χ0) is 19.6. The Morgan fingerprint density at radius 1 is 1.26 bits per heavy atom. The van der Waals surface area contributed by atoms with E-state index in [4.69, 9.17) is 0 Å². The van der Waals surface area contributed by atoms with E-state index in [0.29, 0.717) is 23.8 Å². The summed E-state index contributed by atoms with van der Waals surface area (Å²) in [6, 6.07) is 5.50. The number of piperidine rings is 1. The minimum absolute atomic E-state index is 0.0668. The summed E-state index contributed by atoms with van der Waals surface area (Å²) in [4.78, 5) is 31.4. The zero-order valence-corrected chi connectivity index (χ0v) is 16.6. The Hall–Kier alpha value is -2.28. The van der Waals surface area contributed by atoms with Gasteiger partial charge < -0.3 is 10.2 Å². The molecule has 0 saturated carbocycles. The first-order valence-electron chi connectivity index (χ1n) is 9.06. The number of hydrogen-bond acceptors (Lipinski definition) is 4. The van der Waals surface area contributed by atoms with Crippen LogP contribution in [-0.4, -0.2) is 34.8 Å². The number of rotatable bonds is 3. The monoisotopic (exact) mass is 389 g/mol. The van der Waals surface area contributed by atoms with Crippen LogP contribution < -0.4 is 5.32 Å².